The van der Waals surface area contributed by atoms with Crippen LogP contribution in [0.1, 0.15) is 52.4 Å². The first-order valence-electron chi connectivity index (χ1n) is 5.88. The van der Waals surface area contributed by atoms with Gasteiger partial charge in [0.05, 0.1) is 0 Å². The Labute approximate surface area is 82.4 Å². The van der Waals surface area contributed by atoms with E-state index in [1.807, 2.05) is 0 Å². The van der Waals surface area contributed by atoms with Crippen molar-refractivity contribution < 1.29 is 0 Å². The summed E-state index contributed by atoms with van der Waals surface area (Å²) in [7, 11) is 0. The smallest absolute Gasteiger partial charge is 0.0116 e. The molecule has 0 unspecified atom stereocenters. The molecule has 2 aliphatic rings. The predicted octanol–water partition coefficient (Wildman–Crippen LogP) is 4.17. The molecular weight excluding hydrogens is 156 g/mol. The molecule has 0 spiro atoms. The van der Waals surface area contributed by atoms with Gasteiger partial charge in [-0.3, -0.25) is 0 Å². The summed E-state index contributed by atoms with van der Waals surface area (Å²) >= 11 is 0. The van der Waals surface area contributed by atoms with Gasteiger partial charge in [0.15, 0.2) is 0 Å². The molecule has 0 aromatic heterocycles. The van der Waals surface area contributed by atoms with Crippen molar-refractivity contribution in [3.8, 4) is 0 Å². The van der Waals surface area contributed by atoms with E-state index in [9.17, 15) is 0 Å². The third kappa shape index (κ3) is 1.82. The topological polar surface area (TPSA) is 0 Å². The van der Waals surface area contributed by atoms with Crippen LogP contribution in [0, 0.1) is 17.3 Å². The second-order valence-electron chi connectivity index (χ2n) is 5.43. The highest BCUT2D eigenvalue weighted by Crippen LogP contribution is 2.47. The Bertz CT molecular complexity index is 198. The normalized spacial score (nSPS) is 41.2. The van der Waals surface area contributed by atoms with Gasteiger partial charge in [0.2, 0.25) is 0 Å². The summed E-state index contributed by atoms with van der Waals surface area (Å²) in [5.41, 5.74) is 0.550. The van der Waals surface area contributed by atoms with E-state index in [-0.39, 0.29) is 0 Å². The predicted molar refractivity (Wildman–Crippen MR) is 57.6 cm³/mol. The van der Waals surface area contributed by atoms with E-state index in [2.05, 4.69) is 26.0 Å². The van der Waals surface area contributed by atoms with Crippen LogP contribution in [0.5, 0.6) is 0 Å². The lowest BCUT2D eigenvalue weighted by molar-refractivity contribution is 0.195. The van der Waals surface area contributed by atoms with Gasteiger partial charge in [-0.15, -0.1) is 0 Å². The Kier molecular flexibility index (Phi) is 2.49. The van der Waals surface area contributed by atoms with Crippen molar-refractivity contribution in [2.45, 2.75) is 52.4 Å². The van der Waals surface area contributed by atoms with Crippen molar-refractivity contribution >= 4 is 0 Å². The summed E-state index contributed by atoms with van der Waals surface area (Å²) in [6, 6.07) is 0. The fraction of sp³-hybridized carbons (Fsp3) is 0.846. The van der Waals surface area contributed by atoms with E-state index in [0.717, 1.165) is 11.8 Å². The van der Waals surface area contributed by atoms with E-state index in [1.165, 1.54) is 38.5 Å². The number of allylic oxidation sites excluding steroid dienone is 2. The van der Waals surface area contributed by atoms with E-state index in [0.29, 0.717) is 5.41 Å². The van der Waals surface area contributed by atoms with Crippen molar-refractivity contribution in [2.24, 2.45) is 17.3 Å². The van der Waals surface area contributed by atoms with Crippen LogP contribution in [-0.4, -0.2) is 0 Å². The molecule has 0 aliphatic heterocycles. The van der Waals surface area contributed by atoms with E-state index in [4.69, 9.17) is 0 Å². The van der Waals surface area contributed by atoms with Crippen molar-refractivity contribution in [3.05, 3.63) is 12.2 Å². The Balaban J connectivity index is 2.09. The zero-order valence-corrected chi connectivity index (χ0v) is 9.05. The minimum absolute atomic E-state index is 0.550. The third-order valence-corrected chi connectivity index (χ3v) is 4.11. The van der Waals surface area contributed by atoms with Crippen LogP contribution < -0.4 is 0 Å². The standard InChI is InChI=1S/C13H22/c1-11-6-5-9-13(2,10-11)12-7-3-4-8-12/h5,9,11-12H,3-4,6-8,10H2,1-2H3/t11-,13-/m0/s1. The molecule has 0 N–H and O–H groups in total. The van der Waals surface area contributed by atoms with Crippen LogP contribution in [-0.2, 0) is 0 Å². The van der Waals surface area contributed by atoms with Gasteiger partial charge in [-0.1, -0.05) is 38.8 Å². The van der Waals surface area contributed by atoms with Gasteiger partial charge >= 0.3 is 0 Å². The Hall–Kier alpha value is -0.260. The minimum atomic E-state index is 0.550. The van der Waals surface area contributed by atoms with Gasteiger partial charge < -0.3 is 0 Å². The average molecular weight is 178 g/mol. The SMILES string of the molecule is C[C@H]1CC=C[C@](C)(C2CCCC2)C1. The first kappa shape index (κ1) is 9.30. The van der Waals surface area contributed by atoms with Crippen molar-refractivity contribution in [2.75, 3.05) is 0 Å². The summed E-state index contributed by atoms with van der Waals surface area (Å²) in [5.74, 6) is 1.90. The number of hydrogen-bond acceptors (Lipinski definition) is 0. The van der Waals surface area contributed by atoms with Crippen molar-refractivity contribution in [1.82, 2.24) is 0 Å². The van der Waals surface area contributed by atoms with E-state index >= 15 is 0 Å². The molecule has 2 atom stereocenters. The second kappa shape index (κ2) is 3.48. The van der Waals surface area contributed by atoms with Crippen LogP contribution in [0.3, 0.4) is 0 Å². The first-order valence-corrected chi connectivity index (χ1v) is 5.88. The average Bonchev–Trinajstić information content (AvgIpc) is 2.55. The molecule has 0 nitrogen and oxygen atoms in total. The fourth-order valence-electron chi connectivity index (χ4n) is 3.36. The monoisotopic (exact) mass is 178 g/mol. The zero-order valence-electron chi connectivity index (χ0n) is 9.05. The Morgan fingerprint density at radius 3 is 2.54 bits per heavy atom. The lowest BCUT2D eigenvalue weighted by Gasteiger charge is -2.38. The number of rotatable bonds is 1. The highest BCUT2D eigenvalue weighted by atomic mass is 14.4. The molecule has 0 aromatic rings. The highest BCUT2D eigenvalue weighted by Gasteiger charge is 2.36. The van der Waals surface area contributed by atoms with Crippen LogP contribution in [0.4, 0.5) is 0 Å². The molecule has 0 heterocycles. The molecule has 0 heteroatoms. The molecule has 74 valence electrons. The molecule has 0 amide bonds. The molecule has 2 aliphatic carbocycles. The Morgan fingerprint density at radius 2 is 1.92 bits per heavy atom. The zero-order chi connectivity index (χ0) is 9.31. The molecule has 0 radical (unpaired) electrons. The maximum atomic E-state index is 2.52. The van der Waals surface area contributed by atoms with E-state index in [1.54, 1.807) is 0 Å². The lowest BCUT2D eigenvalue weighted by Crippen LogP contribution is -2.27. The van der Waals surface area contributed by atoms with Gasteiger partial charge in [0.25, 0.3) is 0 Å². The maximum Gasteiger partial charge on any atom is -0.0116 e. The molecule has 13 heavy (non-hydrogen) atoms. The fourth-order valence-corrected chi connectivity index (χ4v) is 3.36. The maximum absolute atomic E-state index is 2.52. The van der Waals surface area contributed by atoms with Crippen molar-refractivity contribution in [1.29, 1.82) is 0 Å². The van der Waals surface area contributed by atoms with E-state index < -0.39 is 0 Å². The van der Waals surface area contributed by atoms with Crippen molar-refractivity contribution in [3.63, 3.8) is 0 Å². The molecule has 1 saturated carbocycles. The van der Waals surface area contributed by atoms with Gasteiger partial charge in [0, 0.05) is 0 Å². The summed E-state index contributed by atoms with van der Waals surface area (Å²) in [4.78, 5) is 0. The Morgan fingerprint density at radius 1 is 1.23 bits per heavy atom. The van der Waals surface area contributed by atoms with Gasteiger partial charge in [-0.05, 0) is 42.9 Å². The quantitative estimate of drug-likeness (QED) is 0.529. The molecular formula is C13H22. The minimum Gasteiger partial charge on any atom is -0.0877 e. The summed E-state index contributed by atoms with van der Waals surface area (Å²) in [6.45, 7) is 4.88. The summed E-state index contributed by atoms with van der Waals surface area (Å²) in [5, 5.41) is 0. The second-order valence-corrected chi connectivity index (χ2v) is 5.43. The first-order chi connectivity index (χ1) is 6.21. The largest absolute Gasteiger partial charge is 0.0877 e. The van der Waals surface area contributed by atoms with Crippen LogP contribution >= 0.6 is 0 Å². The molecule has 2 rings (SSSR count). The highest BCUT2D eigenvalue weighted by molar-refractivity contribution is 5.06. The molecule has 0 bridgehead atoms. The summed E-state index contributed by atoms with van der Waals surface area (Å²) < 4.78 is 0. The summed E-state index contributed by atoms with van der Waals surface area (Å²) in [6.07, 6.45) is 13.6. The molecule has 0 aromatic carbocycles. The van der Waals surface area contributed by atoms with Gasteiger partial charge in [0.1, 0.15) is 0 Å². The van der Waals surface area contributed by atoms with Gasteiger partial charge in [-0.25, -0.2) is 0 Å². The molecule has 1 fully saturated rings. The third-order valence-electron chi connectivity index (χ3n) is 4.11. The van der Waals surface area contributed by atoms with Crippen LogP contribution in [0.25, 0.3) is 0 Å². The van der Waals surface area contributed by atoms with Crippen LogP contribution in [0.2, 0.25) is 0 Å². The lowest BCUT2D eigenvalue weighted by atomic mass is 9.67. The molecule has 0 saturated heterocycles. The number of hydrogen-bond donors (Lipinski definition) is 0. The van der Waals surface area contributed by atoms with Crippen LogP contribution in [0.15, 0.2) is 12.2 Å². The van der Waals surface area contributed by atoms with Gasteiger partial charge in [-0.2, -0.15) is 0 Å².